The predicted octanol–water partition coefficient (Wildman–Crippen LogP) is 2.44. The van der Waals surface area contributed by atoms with Crippen molar-refractivity contribution in [1.82, 2.24) is 4.98 Å². The molecule has 0 aliphatic rings. The molecule has 0 aliphatic carbocycles. The Labute approximate surface area is 75.1 Å². The second kappa shape index (κ2) is 2.88. The van der Waals surface area contributed by atoms with Gasteiger partial charge in [-0.3, -0.25) is 0 Å². The zero-order chi connectivity index (χ0) is 9.26. The minimum atomic E-state index is 0.683. The van der Waals surface area contributed by atoms with E-state index in [-0.39, 0.29) is 0 Å². The fraction of sp³-hybridized carbons (Fsp3) is 0.100. The zero-order valence-electron chi connectivity index (χ0n) is 7.16. The molecule has 64 valence electrons. The van der Waals surface area contributed by atoms with Gasteiger partial charge in [-0.25, -0.2) is 4.79 Å². The maximum atomic E-state index is 10.1. The summed E-state index contributed by atoms with van der Waals surface area (Å²) in [4.78, 5) is 16.8. The number of benzene rings is 1. The highest BCUT2D eigenvalue weighted by Gasteiger charge is 2.02. The van der Waals surface area contributed by atoms with Crippen molar-refractivity contribution < 1.29 is 4.79 Å². The van der Waals surface area contributed by atoms with Crippen LogP contribution in [-0.4, -0.2) is 11.1 Å². The van der Waals surface area contributed by atoms with E-state index in [4.69, 9.17) is 0 Å². The highest BCUT2D eigenvalue weighted by atomic mass is 16.1. The molecule has 1 aromatic carbocycles. The Morgan fingerprint density at radius 1 is 1.38 bits per heavy atom. The van der Waals surface area contributed by atoms with Crippen molar-refractivity contribution in [2.45, 2.75) is 6.92 Å². The summed E-state index contributed by atoms with van der Waals surface area (Å²) in [6.07, 6.45) is 3.41. The molecule has 0 fully saturated rings. The summed E-state index contributed by atoms with van der Waals surface area (Å²) in [6.45, 7) is 1.94. The highest BCUT2D eigenvalue weighted by Crippen LogP contribution is 2.26. The van der Waals surface area contributed by atoms with Gasteiger partial charge < -0.3 is 4.98 Å². The van der Waals surface area contributed by atoms with E-state index < -0.39 is 0 Å². The number of nitrogens with zero attached hydrogens (tertiary/aromatic N) is 1. The third kappa shape index (κ3) is 1.15. The lowest BCUT2D eigenvalue weighted by Crippen LogP contribution is -1.76. The lowest BCUT2D eigenvalue weighted by atomic mass is 10.1. The quantitative estimate of drug-likeness (QED) is 0.521. The molecule has 1 aromatic heterocycles. The minimum absolute atomic E-state index is 0.683. The molecular weight excluding hydrogens is 164 g/mol. The van der Waals surface area contributed by atoms with Gasteiger partial charge in [-0.15, -0.1) is 0 Å². The average molecular weight is 172 g/mol. The summed E-state index contributed by atoms with van der Waals surface area (Å²) in [6, 6.07) is 5.67. The maximum absolute atomic E-state index is 10.1. The molecular formula is C10H8N2O. The van der Waals surface area contributed by atoms with E-state index >= 15 is 0 Å². The van der Waals surface area contributed by atoms with Crippen LogP contribution >= 0.6 is 0 Å². The number of H-pyrrole nitrogens is 1. The number of aromatic nitrogens is 1. The molecule has 0 unspecified atom stereocenters. The molecule has 0 amide bonds. The van der Waals surface area contributed by atoms with Gasteiger partial charge in [0.15, 0.2) is 0 Å². The number of rotatable bonds is 1. The summed E-state index contributed by atoms with van der Waals surface area (Å²) in [5.41, 5.74) is 2.74. The van der Waals surface area contributed by atoms with Crippen LogP contribution in [0.15, 0.2) is 29.4 Å². The summed E-state index contributed by atoms with van der Waals surface area (Å²) in [5.74, 6) is 0. The molecule has 0 spiro atoms. The van der Waals surface area contributed by atoms with Crippen molar-refractivity contribution in [3.8, 4) is 0 Å². The molecule has 3 heteroatoms. The van der Waals surface area contributed by atoms with Crippen molar-refractivity contribution in [2.24, 2.45) is 4.99 Å². The van der Waals surface area contributed by atoms with E-state index in [1.54, 1.807) is 12.1 Å². The molecule has 0 atom stereocenters. The van der Waals surface area contributed by atoms with Crippen molar-refractivity contribution >= 4 is 22.7 Å². The third-order valence-electron chi connectivity index (χ3n) is 2.14. The van der Waals surface area contributed by atoms with E-state index in [2.05, 4.69) is 9.98 Å². The SMILES string of the molecule is Cc1c(N=C=O)ccc2[nH]ccc12. The number of carbonyl (C=O) groups excluding carboxylic acids is 1. The van der Waals surface area contributed by atoms with Gasteiger partial charge in [-0.1, -0.05) is 0 Å². The van der Waals surface area contributed by atoms with Crippen LogP contribution in [0.4, 0.5) is 5.69 Å². The van der Waals surface area contributed by atoms with Crippen LogP contribution in [0.25, 0.3) is 10.9 Å². The number of aliphatic imine (C=N–C) groups is 1. The number of aryl methyl sites for hydroxylation is 1. The Bertz CT molecular complexity index is 493. The number of aromatic amines is 1. The van der Waals surface area contributed by atoms with Crippen LogP contribution in [0.1, 0.15) is 5.56 Å². The molecule has 2 aromatic rings. The molecule has 2 rings (SSSR count). The number of hydrogen-bond donors (Lipinski definition) is 1. The predicted molar refractivity (Wildman–Crippen MR) is 50.8 cm³/mol. The first-order valence-electron chi connectivity index (χ1n) is 3.97. The summed E-state index contributed by atoms with van der Waals surface area (Å²) in [5, 5.41) is 1.09. The maximum Gasteiger partial charge on any atom is 0.240 e. The van der Waals surface area contributed by atoms with E-state index in [1.165, 1.54) is 0 Å². The molecule has 0 bridgehead atoms. The van der Waals surface area contributed by atoms with Crippen molar-refractivity contribution in [3.05, 3.63) is 30.0 Å². The van der Waals surface area contributed by atoms with E-state index in [9.17, 15) is 4.79 Å². The summed E-state index contributed by atoms with van der Waals surface area (Å²) in [7, 11) is 0. The first-order chi connectivity index (χ1) is 6.33. The van der Waals surface area contributed by atoms with Crippen LogP contribution in [0.5, 0.6) is 0 Å². The van der Waals surface area contributed by atoms with Gasteiger partial charge in [0.05, 0.1) is 5.69 Å². The molecule has 0 radical (unpaired) electrons. The second-order valence-electron chi connectivity index (χ2n) is 2.85. The Morgan fingerprint density at radius 2 is 2.23 bits per heavy atom. The van der Waals surface area contributed by atoms with Crippen molar-refractivity contribution in [2.75, 3.05) is 0 Å². The molecule has 13 heavy (non-hydrogen) atoms. The molecule has 3 nitrogen and oxygen atoms in total. The fourth-order valence-electron chi connectivity index (χ4n) is 1.44. The van der Waals surface area contributed by atoms with Crippen LogP contribution in [0, 0.1) is 6.92 Å². The van der Waals surface area contributed by atoms with E-state index in [1.807, 2.05) is 25.3 Å². The van der Waals surface area contributed by atoms with Gasteiger partial charge >= 0.3 is 0 Å². The van der Waals surface area contributed by atoms with Crippen molar-refractivity contribution in [1.29, 1.82) is 0 Å². The smallest absolute Gasteiger partial charge is 0.240 e. The Hall–Kier alpha value is -1.86. The highest BCUT2D eigenvalue weighted by molar-refractivity contribution is 5.87. The molecule has 0 saturated heterocycles. The lowest BCUT2D eigenvalue weighted by Gasteiger charge is -1.98. The van der Waals surface area contributed by atoms with Gasteiger partial charge in [0.1, 0.15) is 0 Å². The first-order valence-corrected chi connectivity index (χ1v) is 3.97. The van der Waals surface area contributed by atoms with Crippen LogP contribution in [0.3, 0.4) is 0 Å². The number of isocyanates is 1. The number of nitrogens with one attached hydrogen (secondary N) is 1. The average Bonchev–Trinajstić information content (AvgIpc) is 2.58. The monoisotopic (exact) mass is 172 g/mol. The van der Waals surface area contributed by atoms with Gasteiger partial charge in [-0.2, -0.15) is 4.99 Å². The fourth-order valence-corrected chi connectivity index (χ4v) is 1.44. The number of hydrogen-bond acceptors (Lipinski definition) is 2. The summed E-state index contributed by atoms with van der Waals surface area (Å²) < 4.78 is 0. The largest absolute Gasteiger partial charge is 0.361 e. The topological polar surface area (TPSA) is 45.2 Å². The third-order valence-corrected chi connectivity index (χ3v) is 2.14. The molecule has 1 N–H and O–H groups in total. The van der Waals surface area contributed by atoms with E-state index in [0.29, 0.717) is 5.69 Å². The van der Waals surface area contributed by atoms with Gasteiger partial charge in [0, 0.05) is 17.1 Å². The van der Waals surface area contributed by atoms with Gasteiger partial charge in [-0.05, 0) is 30.7 Å². The Morgan fingerprint density at radius 3 is 3.00 bits per heavy atom. The van der Waals surface area contributed by atoms with Crippen LogP contribution < -0.4 is 0 Å². The zero-order valence-corrected chi connectivity index (χ0v) is 7.16. The Kier molecular flexibility index (Phi) is 1.72. The normalized spacial score (nSPS) is 9.92. The van der Waals surface area contributed by atoms with Crippen LogP contribution in [-0.2, 0) is 4.79 Å². The molecule has 1 heterocycles. The number of fused-ring (bicyclic) bond motifs is 1. The minimum Gasteiger partial charge on any atom is -0.361 e. The lowest BCUT2D eigenvalue weighted by molar-refractivity contribution is 0.565. The van der Waals surface area contributed by atoms with Crippen molar-refractivity contribution in [3.63, 3.8) is 0 Å². The molecule has 0 saturated carbocycles. The van der Waals surface area contributed by atoms with E-state index in [0.717, 1.165) is 16.5 Å². The first kappa shape index (κ1) is 7.77. The standard InChI is InChI=1S/C10H8N2O/c1-7-8-4-5-11-10(8)3-2-9(7)12-6-13/h2-5,11H,1H3. The second-order valence-corrected chi connectivity index (χ2v) is 2.85. The summed E-state index contributed by atoms with van der Waals surface area (Å²) >= 11 is 0. The van der Waals surface area contributed by atoms with Crippen LogP contribution in [0.2, 0.25) is 0 Å². The van der Waals surface area contributed by atoms with Gasteiger partial charge in [0.25, 0.3) is 0 Å². The molecule has 0 aliphatic heterocycles. The Balaban J connectivity index is 2.80. The van der Waals surface area contributed by atoms with Gasteiger partial charge in [0.2, 0.25) is 6.08 Å².